The quantitative estimate of drug-likeness (QED) is 0.455. The van der Waals surface area contributed by atoms with Gasteiger partial charge in [-0.25, -0.2) is 13.6 Å². The third-order valence-corrected chi connectivity index (χ3v) is 5.89. The van der Waals surface area contributed by atoms with Gasteiger partial charge in [-0.3, -0.25) is 0 Å². The van der Waals surface area contributed by atoms with Crippen LogP contribution in [0.3, 0.4) is 0 Å². The van der Waals surface area contributed by atoms with E-state index < -0.39 is 12.1 Å². The molecule has 0 amide bonds. The number of halogens is 2. The summed E-state index contributed by atoms with van der Waals surface area (Å²) in [7, 11) is 1.45. The van der Waals surface area contributed by atoms with Crippen LogP contribution in [0.4, 0.5) is 8.78 Å². The highest BCUT2D eigenvalue weighted by atomic mass is 19.1. The summed E-state index contributed by atoms with van der Waals surface area (Å²) >= 11 is 0. The molecular weight excluding hydrogens is 386 g/mol. The van der Waals surface area contributed by atoms with E-state index in [4.69, 9.17) is 9.47 Å². The van der Waals surface area contributed by atoms with Gasteiger partial charge in [0.25, 0.3) is 0 Å². The van der Waals surface area contributed by atoms with Gasteiger partial charge in [0, 0.05) is 0 Å². The maximum atomic E-state index is 14.0. The van der Waals surface area contributed by atoms with Crippen molar-refractivity contribution in [3.8, 4) is 16.9 Å². The second-order valence-electron chi connectivity index (χ2n) is 7.99. The molecule has 0 heterocycles. The van der Waals surface area contributed by atoms with Crippen molar-refractivity contribution in [2.75, 3.05) is 7.11 Å². The van der Waals surface area contributed by atoms with Crippen molar-refractivity contribution in [1.82, 2.24) is 0 Å². The molecule has 2 aromatic rings. The van der Waals surface area contributed by atoms with Crippen molar-refractivity contribution in [2.24, 2.45) is 0 Å². The van der Waals surface area contributed by atoms with Crippen LogP contribution in [0.5, 0.6) is 5.75 Å². The highest BCUT2D eigenvalue weighted by molar-refractivity contribution is 5.74. The monoisotopic (exact) mass is 416 g/mol. The third-order valence-electron chi connectivity index (χ3n) is 5.89. The molecule has 0 bridgehead atoms. The Kier molecular flexibility index (Phi) is 7.83. The Balaban J connectivity index is 1.53. The van der Waals surface area contributed by atoms with Crippen LogP contribution in [0.2, 0.25) is 0 Å². The number of alkyl halides is 1. The zero-order valence-electron chi connectivity index (χ0n) is 17.7. The summed E-state index contributed by atoms with van der Waals surface area (Å²) in [5, 5.41) is 0. The fraction of sp³-hybridized carbons (Fsp3) is 0.480. The van der Waals surface area contributed by atoms with Crippen molar-refractivity contribution in [2.45, 2.75) is 70.1 Å². The SMILES string of the molecule is CCCC[C@H](F)C(=O)O[C@H]1CC[C@H](c2ccc(-c3ccc(OC)c(F)c3)cc2)CC1. The van der Waals surface area contributed by atoms with Crippen molar-refractivity contribution in [3.63, 3.8) is 0 Å². The normalized spacial score (nSPS) is 19.9. The average Bonchev–Trinajstić information content (AvgIpc) is 2.78. The first-order valence-electron chi connectivity index (χ1n) is 10.8. The summed E-state index contributed by atoms with van der Waals surface area (Å²) in [5.74, 6) is -0.458. The molecule has 3 nitrogen and oxygen atoms in total. The Morgan fingerprint density at radius 1 is 1.07 bits per heavy atom. The molecule has 0 unspecified atom stereocenters. The number of benzene rings is 2. The van der Waals surface area contributed by atoms with Crippen molar-refractivity contribution >= 4 is 5.97 Å². The van der Waals surface area contributed by atoms with E-state index in [-0.39, 0.29) is 24.1 Å². The van der Waals surface area contributed by atoms with Crippen LogP contribution in [-0.2, 0) is 9.53 Å². The standard InChI is InChI=1S/C25H30F2O3/c1-3-4-5-22(26)25(28)30-21-13-10-18(11-14-21)17-6-8-19(9-7-17)20-12-15-24(29-2)23(27)16-20/h6-9,12,15-16,18,21-22H,3-5,10-11,13-14H2,1-2H3/t18-,21-,22-/m0/s1. The Labute approximate surface area is 177 Å². The Morgan fingerprint density at radius 2 is 1.73 bits per heavy atom. The molecule has 0 aromatic heterocycles. The van der Waals surface area contributed by atoms with E-state index >= 15 is 0 Å². The van der Waals surface area contributed by atoms with E-state index in [1.54, 1.807) is 6.07 Å². The van der Waals surface area contributed by atoms with Crippen LogP contribution in [-0.4, -0.2) is 25.4 Å². The summed E-state index contributed by atoms with van der Waals surface area (Å²) in [6.45, 7) is 1.97. The molecular formula is C25H30F2O3. The predicted molar refractivity (Wildman–Crippen MR) is 114 cm³/mol. The first-order valence-corrected chi connectivity index (χ1v) is 10.8. The van der Waals surface area contributed by atoms with Crippen molar-refractivity contribution < 1.29 is 23.0 Å². The molecule has 3 rings (SSSR count). The molecule has 0 spiro atoms. The predicted octanol–water partition coefficient (Wildman–Crippen LogP) is 6.60. The van der Waals surface area contributed by atoms with E-state index in [0.717, 1.165) is 43.2 Å². The zero-order valence-corrected chi connectivity index (χ0v) is 17.7. The van der Waals surface area contributed by atoms with Gasteiger partial charge in [-0.05, 0) is 66.8 Å². The maximum Gasteiger partial charge on any atom is 0.340 e. The van der Waals surface area contributed by atoms with Crippen LogP contribution >= 0.6 is 0 Å². The fourth-order valence-corrected chi connectivity index (χ4v) is 4.05. The van der Waals surface area contributed by atoms with Crippen molar-refractivity contribution in [3.05, 3.63) is 53.8 Å². The molecule has 1 aliphatic rings. The molecule has 1 aliphatic carbocycles. The van der Waals surface area contributed by atoms with E-state index in [1.807, 2.05) is 25.1 Å². The van der Waals surface area contributed by atoms with Crippen LogP contribution in [0.1, 0.15) is 63.4 Å². The number of carbonyl (C=O) groups is 1. The van der Waals surface area contributed by atoms with Gasteiger partial charge in [0.15, 0.2) is 17.7 Å². The lowest BCUT2D eigenvalue weighted by Crippen LogP contribution is -2.28. The fourth-order valence-electron chi connectivity index (χ4n) is 4.05. The number of carbonyl (C=O) groups excluding carboxylic acids is 1. The van der Waals surface area contributed by atoms with Crippen LogP contribution in [0.25, 0.3) is 11.1 Å². The van der Waals surface area contributed by atoms with Gasteiger partial charge < -0.3 is 9.47 Å². The molecule has 1 atom stereocenters. The van der Waals surface area contributed by atoms with Crippen LogP contribution < -0.4 is 4.74 Å². The third kappa shape index (κ3) is 5.59. The second kappa shape index (κ2) is 10.6. The van der Waals surface area contributed by atoms with Crippen LogP contribution in [0, 0.1) is 5.82 Å². The number of ether oxygens (including phenoxy) is 2. The molecule has 1 fully saturated rings. The lowest BCUT2D eigenvalue weighted by atomic mass is 9.82. The first kappa shape index (κ1) is 22.3. The molecule has 0 radical (unpaired) electrons. The van der Waals surface area contributed by atoms with E-state index in [1.165, 1.54) is 18.7 Å². The Morgan fingerprint density at radius 3 is 2.33 bits per heavy atom. The van der Waals surface area contributed by atoms with Gasteiger partial charge in [-0.2, -0.15) is 0 Å². The van der Waals surface area contributed by atoms with E-state index in [2.05, 4.69) is 12.1 Å². The van der Waals surface area contributed by atoms with Crippen molar-refractivity contribution in [1.29, 1.82) is 0 Å². The summed E-state index contributed by atoms with van der Waals surface area (Å²) < 4.78 is 38.1. The minimum Gasteiger partial charge on any atom is -0.494 e. The molecule has 30 heavy (non-hydrogen) atoms. The molecule has 5 heteroatoms. The lowest BCUT2D eigenvalue weighted by Gasteiger charge is -2.29. The molecule has 0 N–H and O–H groups in total. The highest BCUT2D eigenvalue weighted by Crippen LogP contribution is 2.35. The highest BCUT2D eigenvalue weighted by Gasteiger charge is 2.27. The minimum atomic E-state index is -1.50. The molecule has 2 aromatic carbocycles. The summed E-state index contributed by atoms with van der Waals surface area (Å²) in [4.78, 5) is 11.9. The number of hydrogen-bond donors (Lipinski definition) is 0. The first-order chi connectivity index (χ1) is 14.5. The van der Waals surface area contributed by atoms with Gasteiger partial charge in [0.2, 0.25) is 0 Å². The molecule has 162 valence electrons. The second-order valence-corrected chi connectivity index (χ2v) is 7.99. The van der Waals surface area contributed by atoms with E-state index in [0.29, 0.717) is 12.3 Å². The summed E-state index contributed by atoms with van der Waals surface area (Å²) in [5.41, 5.74) is 2.98. The Hall–Kier alpha value is -2.43. The topological polar surface area (TPSA) is 35.5 Å². The summed E-state index contributed by atoms with van der Waals surface area (Å²) in [6.07, 6.45) is 3.43. The zero-order chi connectivity index (χ0) is 21.5. The molecule has 0 aliphatic heterocycles. The number of unbranched alkanes of at least 4 members (excludes halogenated alkanes) is 1. The molecule has 0 saturated heterocycles. The number of methoxy groups -OCH3 is 1. The average molecular weight is 417 g/mol. The van der Waals surface area contributed by atoms with Crippen LogP contribution in [0.15, 0.2) is 42.5 Å². The van der Waals surface area contributed by atoms with Gasteiger partial charge in [-0.15, -0.1) is 0 Å². The number of rotatable bonds is 8. The maximum absolute atomic E-state index is 14.0. The smallest absolute Gasteiger partial charge is 0.340 e. The summed E-state index contributed by atoms with van der Waals surface area (Å²) in [6, 6.07) is 13.1. The Bertz CT molecular complexity index is 827. The van der Waals surface area contributed by atoms with Gasteiger partial charge in [-0.1, -0.05) is 50.1 Å². The lowest BCUT2D eigenvalue weighted by molar-refractivity contribution is -0.157. The molecule has 1 saturated carbocycles. The minimum absolute atomic E-state index is 0.185. The van der Waals surface area contributed by atoms with Gasteiger partial charge in [0.1, 0.15) is 6.10 Å². The number of esters is 1. The van der Waals surface area contributed by atoms with E-state index in [9.17, 15) is 13.6 Å². The van der Waals surface area contributed by atoms with Gasteiger partial charge >= 0.3 is 5.97 Å². The number of hydrogen-bond acceptors (Lipinski definition) is 3. The van der Waals surface area contributed by atoms with Gasteiger partial charge in [0.05, 0.1) is 7.11 Å². The largest absolute Gasteiger partial charge is 0.494 e.